The van der Waals surface area contributed by atoms with Crippen molar-refractivity contribution >= 4 is 16.1 Å². The minimum Gasteiger partial charge on any atom is -0.276 e. The monoisotopic (exact) mass is 273 g/mol. The Balaban J connectivity index is 2.21. The van der Waals surface area contributed by atoms with Crippen molar-refractivity contribution in [3.63, 3.8) is 0 Å². The minimum absolute atomic E-state index is 0.287. The van der Waals surface area contributed by atoms with Crippen molar-refractivity contribution in [2.24, 2.45) is 0 Å². The molecule has 4 heteroatoms. The summed E-state index contributed by atoms with van der Waals surface area (Å²) in [6.45, 7) is 0. The predicted octanol–water partition coefficient (Wildman–Crippen LogP) is 2.98. The molecule has 3 nitrogen and oxygen atoms in total. The molecule has 2 aromatic rings. The summed E-state index contributed by atoms with van der Waals surface area (Å²) in [6.07, 6.45) is 3.32. The average Bonchev–Trinajstić information content (AvgIpc) is 2.46. The van der Waals surface area contributed by atoms with Crippen LogP contribution in [0.3, 0.4) is 0 Å². The van der Waals surface area contributed by atoms with Gasteiger partial charge in [-0.15, -0.1) is 0 Å². The van der Waals surface area contributed by atoms with E-state index in [-0.39, 0.29) is 4.90 Å². The van der Waals surface area contributed by atoms with Gasteiger partial charge in [-0.05, 0) is 23.8 Å². The number of benzene rings is 2. The third-order valence-electron chi connectivity index (χ3n) is 2.70. The van der Waals surface area contributed by atoms with Gasteiger partial charge < -0.3 is 0 Å². The Morgan fingerprint density at radius 2 is 1.42 bits per heavy atom. The maximum atomic E-state index is 12.2. The molecule has 0 fully saturated rings. The van der Waals surface area contributed by atoms with E-state index in [0.717, 1.165) is 5.56 Å². The normalized spacial score (nSPS) is 11.6. The van der Waals surface area contributed by atoms with E-state index >= 15 is 0 Å². The highest BCUT2D eigenvalue weighted by Crippen LogP contribution is 2.14. The molecule has 0 amide bonds. The van der Waals surface area contributed by atoms with Gasteiger partial charge in [-0.25, -0.2) is 8.42 Å². The van der Waals surface area contributed by atoms with Crippen LogP contribution in [0.4, 0.5) is 0 Å². The first-order valence-corrected chi connectivity index (χ1v) is 7.31. The van der Waals surface area contributed by atoms with E-state index in [1.165, 1.54) is 11.4 Å². The van der Waals surface area contributed by atoms with Crippen LogP contribution in [0.2, 0.25) is 0 Å². The van der Waals surface area contributed by atoms with Crippen LogP contribution >= 0.6 is 0 Å². The van der Waals surface area contributed by atoms with Gasteiger partial charge in [0, 0.05) is 13.2 Å². The molecule has 0 spiro atoms. The first-order valence-electron chi connectivity index (χ1n) is 5.87. The second kappa shape index (κ2) is 5.71. The lowest BCUT2D eigenvalue weighted by Crippen LogP contribution is -2.21. The van der Waals surface area contributed by atoms with E-state index in [1.807, 2.05) is 30.3 Å². The largest absolute Gasteiger partial charge is 0.276 e. The van der Waals surface area contributed by atoms with E-state index < -0.39 is 10.0 Å². The highest BCUT2D eigenvalue weighted by atomic mass is 32.2. The Morgan fingerprint density at radius 1 is 0.895 bits per heavy atom. The molecule has 98 valence electrons. The average molecular weight is 273 g/mol. The lowest BCUT2D eigenvalue weighted by molar-refractivity contribution is 0.540. The highest BCUT2D eigenvalue weighted by molar-refractivity contribution is 7.89. The number of nitrogens with zero attached hydrogens (tertiary/aromatic N) is 1. The van der Waals surface area contributed by atoms with Crippen LogP contribution < -0.4 is 0 Å². The summed E-state index contributed by atoms with van der Waals surface area (Å²) < 4.78 is 25.7. The SMILES string of the molecule is CN(/C=C/c1ccccc1)S(=O)(=O)c1ccccc1. The topological polar surface area (TPSA) is 37.4 Å². The molecule has 0 aliphatic carbocycles. The highest BCUT2D eigenvalue weighted by Gasteiger charge is 2.16. The van der Waals surface area contributed by atoms with Crippen LogP contribution in [-0.2, 0) is 10.0 Å². The van der Waals surface area contributed by atoms with Gasteiger partial charge in [0.1, 0.15) is 0 Å². The Hall–Kier alpha value is -2.07. The first-order chi connectivity index (χ1) is 9.10. The Morgan fingerprint density at radius 3 is 2.00 bits per heavy atom. The zero-order chi connectivity index (χ0) is 13.7. The summed E-state index contributed by atoms with van der Waals surface area (Å²) in [6, 6.07) is 17.9. The van der Waals surface area contributed by atoms with Gasteiger partial charge in [0.2, 0.25) is 0 Å². The molecule has 0 aliphatic rings. The van der Waals surface area contributed by atoms with Gasteiger partial charge in [0.05, 0.1) is 4.90 Å². The number of rotatable bonds is 4. The van der Waals surface area contributed by atoms with Crippen molar-refractivity contribution < 1.29 is 8.42 Å². The van der Waals surface area contributed by atoms with Crippen molar-refractivity contribution in [3.8, 4) is 0 Å². The molecule has 0 aliphatic heterocycles. The fourth-order valence-electron chi connectivity index (χ4n) is 1.59. The van der Waals surface area contributed by atoms with Crippen LogP contribution in [0, 0.1) is 0 Å². The molecular weight excluding hydrogens is 258 g/mol. The van der Waals surface area contributed by atoms with Gasteiger partial charge in [-0.1, -0.05) is 48.5 Å². The number of hydrogen-bond acceptors (Lipinski definition) is 2. The van der Waals surface area contributed by atoms with Crippen LogP contribution in [0.5, 0.6) is 0 Å². The van der Waals surface area contributed by atoms with Gasteiger partial charge in [0.25, 0.3) is 10.0 Å². The van der Waals surface area contributed by atoms with Crippen molar-refractivity contribution in [3.05, 3.63) is 72.4 Å². The summed E-state index contributed by atoms with van der Waals surface area (Å²) in [5, 5.41) is 0. The summed E-state index contributed by atoms with van der Waals surface area (Å²) in [5.41, 5.74) is 0.956. The molecule has 0 aromatic heterocycles. The molecule has 0 saturated heterocycles. The molecule has 0 N–H and O–H groups in total. The second-order valence-corrected chi connectivity index (χ2v) is 6.06. The summed E-state index contributed by atoms with van der Waals surface area (Å²) in [7, 11) is -1.93. The van der Waals surface area contributed by atoms with Crippen LogP contribution in [0.15, 0.2) is 71.8 Å². The Labute approximate surface area is 113 Å². The van der Waals surface area contributed by atoms with Crippen molar-refractivity contribution in [2.45, 2.75) is 4.90 Å². The molecule has 2 rings (SSSR count). The maximum Gasteiger partial charge on any atom is 0.263 e. The van der Waals surface area contributed by atoms with Gasteiger partial charge in [-0.3, -0.25) is 4.31 Å². The van der Waals surface area contributed by atoms with Crippen molar-refractivity contribution in [2.75, 3.05) is 7.05 Å². The molecule has 0 bridgehead atoms. The summed E-state index contributed by atoms with van der Waals surface area (Å²) in [4.78, 5) is 0.287. The maximum absolute atomic E-state index is 12.2. The molecule has 0 radical (unpaired) electrons. The number of hydrogen-bond donors (Lipinski definition) is 0. The van der Waals surface area contributed by atoms with Gasteiger partial charge >= 0.3 is 0 Å². The van der Waals surface area contributed by atoms with E-state index in [4.69, 9.17) is 0 Å². The molecule has 19 heavy (non-hydrogen) atoms. The molecule has 2 aromatic carbocycles. The summed E-state index contributed by atoms with van der Waals surface area (Å²) >= 11 is 0. The standard InChI is InChI=1S/C15H15NO2S/c1-16(13-12-14-8-4-2-5-9-14)19(17,18)15-10-6-3-7-11-15/h2-13H,1H3/b13-12+. The van der Waals surface area contributed by atoms with E-state index in [9.17, 15) is 8.42 Å². The fourth-order valence-corrected chi connectivity index (χ4v) is 2.65. The Kier molecular flexibility index (Phi) is 4.02. The van der Waals surface area contributed by atoms with Gasteiger partial charge in [0.15, 0.2) is 0 Å². The second-order valence-electron chi connectivity index (χ2n) is 4.06. The van der Waals surface area contributed by atoms with Crippen molar-refractivity contribution in [1.29, 1.82) is 0 Å². The zero-order valence-electron chi connectivity index (χ0n) is 10.6. The molecule has 0 heterocycles. The predicted molar refractivity (Wildman–Crippen MR) is 76.9 cm³/mol. The fraction of sp³-hybridized carbons (Fsp3) is 0.0667. The first kappa shape index (κ1) is 13.4. The third kappa shape index (κ3) is 3.23. The lowest BCUT2D eigenvalue weighted by Gasteiger charge is -2.14. The number of sulfonamides is 1. The van der Waals surface area contributed by atoms with Crippen LogP contribution in [-0.4, -0.2) is 19.8 Å². The summed E-state index contributed by atoms with van der Waals surface area (Å²) in [5.74, 6) is 0. The smallest absolute Gasteiger partial charge is 0.263 e. The molecule has 0 saturated carbocycles. The quantitative estimate of drug-likeness (QED) is 0.858. The van der Waals surface area contributed by atoms with Gasteiger partial charge in [-0.2, -0.15) is 0 Å². The van der Waals surface area contributed by atoms with E-state index in [2.05, 4.69) is 0 Å². The van der Waals surface area contributed by atoms with E-state index in [0.29, 0.717) is 0 Å². The third-order valence-corrected chi connectivity index (χ3v) is 4.44. The Bertz CT molecular complexity index is 649. The molecule has 0 atom stereocenters. The van der Waals surface area contributed by atoms with Crippen LogP contribution in [0.1, 0.15) is 5.56 Å². The minimum atomic E-state index is -3.46. The van der Waals surface area contributed by atoms with E-state index in [1.54, 1.807) is 42.6 Å². The van der Waals surface area contributed by atoms with Crippen molar-refractivity contribution in [1.82, 2.24) is 4.31 Å². The molecule has 0 unspecified atom stereocenters. The lowest BCUT2D eigenvalue weighted by atomic mass is 10.2. The molecular formula is C15H15NO2S. The zero-order valence-corrected chi connectivity index (χ0v) is 11.4. The van der Waals surface area contributed by atoms with Crippen LogP contribution in [0.25, 0.3) is 6.08 Å².